The number of fused-ring (bicyclic) bond motifs is 1. The van der Waals surface area contributed by atoms with Gasteiger partial charge in [-0.2, -0.15) is 0 Å². The molecule has 29 heavy (non-hydrogen) atoms. The van der Waals surface area contributed by atoms with Crippen LogP contribution >= 0.6 is 0 Å². The molecule has 1 fully saturated rings. The van der Waals surface area contributed by atoms with Crippen LogP contribution in [0.2, 0.25) is 0 Å². The molecule has 0 bridgehead atoms. The molecule has 2 aromatic carbocycles. The first kappa shape index (κ1) is 19.5. The largest absolute Gasteiger partial charge is 0.439 e. The standard InChI is InChI=1S/C23H28N4O2/c1-3-17(2)24-23(28)27-13-11-26(12-14-27)16-22-25-20-15-19(9-10-21(20)29-22)18-7-5-4-6-8-18/h4-10,15,17H,3,11-14,16H2,1-2H3,(H,24,28)/t17-/m1/s1. The highest BCUT2D eigenvalue weighted by Gasteiger charge is 2.23. The number of amides is 2. The summed E-state index contributed by atoms with van der Waals surface area (Å²) in [5.41, 5.74) is 4.00. The molecule has 0 saturated carbocycles. The Morgan fingerprint density at radius 1 is 1.10 bits per heavy atom. The second-order valence-corrected chi connectivity index (χ2v) is 7.68. The van der Waals surface area contributed by atoms with Crippen LogP contribution in [-0.4, -0.2) is 53.0 Å². The second kappa shape index (κ2) is 8.66. The van der Waals surface area contributed by atoms with Crippen molar-refractivity contribution in [3.05, 3.63) is 54.4 Å². The van der Waals surface area contributed by atoms with E-state index in [0.29, 0.717) is 6.54 Å². The monoisotopic (exact) mass is 392 g/mol. The van der Waals surface area contributed by atoms with Crippen LogP contribution in [0.25, 0.3) is 22.2 Å². The smallest absolute Gasteiger partial charge is 0.317 e. The van der Waals surface area contributed by atoms with E-state index in [1.165, 1.54) is 5.56 Å². The molecule has 1 saturated heterocycles. The first-order valence-electron chi connectivity index (χ1n) is 10.3. The average Bonchev–Trinajstić information content (AvgIpc) is 3.16. The molecule has 2 amide bonds. The fraction of sp³-hybridized carbons (Fsp3) is 0.391. The van der Waals surface area contributed by atoms with Gasteiger partial charge in [0.25, 0.3) is 0 Å². The topological polar surface area (TPSA) is 61.6 Å². The van der Waals surface area contributed by atoms with Gasteiger partial charge in [0.1, 0.15) is 5.52 Å². The Bertz CT molecular complexity index is 961. The quantitative estimate of drug-likeness (QED) is 0.709. The van der Waals surface area contributed by atoms with Gasteiger partial charge in [-0.1, -0.05) is 43.3 Å². The van der Waals surface area contributed by atoms with E-state index in [9.17, 15) is 4.79 Å². The Morgan fingerprint density at radius 3 is 2.59 bits per heavy atom. The van der Waals surface area contributed by atoms with Crippen molar-refractivity contribution in [1.82, 2.24) is 20.1 Å². The summed E-state index contributed by atoms with van der Waals surface area (Å²) in [5.74, 6) is 0.725. The van der Waals surface area contributed by atoms with Gasteiger partial charge < -0.3 is 14.6 Å². The van der Waals surface area contributed by atoms with Gasteiger partial charge in [-0.15, -0.1) is 0 Å². The lowest BCUT2D eigenvalue weighted by Gasteiger charge is -2.34. The molecule has 0 radical (unpaired) electrons. The summed E-state index contributed by atoms with van der Waals surface area (Å²) in [6.07, 6.45) is 0.940. The van der Waals surface area contributed by atoms with Gasteiger partial charge in [0.2, 0.25) is 5.89 Å². The maximum atomic E-state index is 12.3. The number of urea groups is 1. The van der Waals surface area contributed by atoms with Crippen molar-refractivity contribution in [2.45, 2.75) is 32.9 Å². The summed E-state index contributed by atoms with van der Waals surface area (Å²) in [4.78, 5) is 21.1. The third-order valence-corrected chi connectivity index (χ3v) is 5.54. The van der Waals surface area contributed by atoms with Crippen LogP contribution in [0.1, 0.15) is 26.2 Å². The molecule has 0 aliphatic carbocycles. The maximum Gasteiger partial charge on any atom is 0.317 e. The molecule has 4 rings (SSSR count). The highest BCUT2D eigenvalue weighted by atomic mass is 16.3. The number of benzene rings is 2. The minimum atomic E-state index is 0.0364. The molecule has 0 spiro atoms. The Labute approximate surface area is 171 Å². The predicted octanol–water partition coefficient (Wildman–Crippen LogP) is 4.12. The molecule has 1 aliphatic rings. The fourth-order valence-electron chi connectivity index (χ4n) is 3.56. The summed E-state index contributed by atoms with van der Waals surface area (Å²) in [5, 5.41) is 3.04. The summed E-state index contributed by atoms with van der Waals surface area (Å²) in [6.45, 7) is 7.86. The number of hydrogen-bond donors (Lipinski definition) is 1. The van der Waals surface area contributed by atoms with Crippen molar-refractivity contribution < 1.29 is 9.21 Å². The molecule has 3 aromatic rings. The van der Waals surface area contributed by atoms with Gasteiger partial charge >= 0.3 is 6.03 Å². The first-order chi connectivity index (χ1) is 14.1. The molecular formula is C23H28N4O2. The number of piperazine rings is 1. The van der Waals surface area contributed by atoms with Gasteiger partial charge in [-0.3, -0.25) is 4.90 Å². The second-order valence-electron chi connectivity index (χ2n) is 7.68. The molecule has 1 atom stereocenters. The molecule has 1 aliphatic heterocycles. The SMILES string of the molecule is CC[C@@H](C)NC(=O)N1CCN(Cc2nc3cc(-c4ccccc4)ccc3o2)CC1. The van der Waals surface area contributed by atoms with E-state index >= 15 is 0 Å². The Balaban J connectivity index is 1.37. The number of nitrogens with zero attached hydrogens (tertiary/aromatic N) is 3. The number of rotatable bonds is 5. The molecular weight excluding hydrogens is 364 g/mol. The Kier molecular flexibility index (Phi) is 5.81. The summed E-state index contributed by atoms with van der Waals surface area (Å²) >= 11 is 0. The average molecular weight is 393 g/mol. The minimum Gasteiger partial charge on any atom is -0.439 e. The van der Waals surface area contributed by atoms with Crippen molar-refractivity contribution in [2.75, 3.05) is 26.2 Å². The van der Waals surface area contributed by atoms with E-state index in [-0.39, 0.29) is 12.1 Å². The lowest BCUT2D eigenvalue weighted by molar-refractivity contribution is 0.128. The van der Waals surface area contributed by atoms with Crippen LogP contribution in [0.5, 0.6) is 0 Å². The summed E-state index contributed by atoms with van der Waals surface area (Å²) in [6, 6.07) is 16.7. The molecule has 2 heterocycles. The first-order valence-corrected chi connectivity index (χ1v) is 10.3. The zero-order valence-corrected chi connectivity index (χ0v) is 17.1. The number of aromatic nitrogens is 1. The highest BCUT2D eigenvalue weighted by Crippen LogP contribution is 2.25. The molecule has 1 N–H and O–H groups in total. The van der Waals surface area contributed by atoms with Crippen LogP contribution in [0, 0.1) is 0 Å². The Morgan fingerprint density at radius 2 is 1.86 bits per heavy atom. The third kappa shape index (κ3) is 4.59. The van der Waals surface area contributed by atoms with Crippen LogP contribution in [0.3, 0.4) is 0 Å². The summed E-state index contributed by atoms with van der Waals surface area (Å²) in [7, 11) is 0. The minimum absolute atomic E-state index is 0.0364. The molecule has 0 unspecified atom stereocenters. The summed E-state index contributed by atoms with van der Waals surface area (Å²) < 4.78 is 5.96. The fourth-order valence-corrected chi connectivity index (χ4v) is 3.56. The van der Waals surface area contributed by atoms with Crippen molar-refractivity contribution in [1.29, 1.82) is 0 Å². The molecule has 1 aromatic heterocycles. The number of carbonyl (C=O) groups excluding carboxylic acids is 1. The molecule has 152 valence electrons. The number of oxazole rings is 1. The van der Waals surface area contributed by atoms with Crippen LogP contribution < -0.4 is 5.32 Å². The van der Waals surface area contributed by atoms with E-state index in [1.807, 2.05) is 36.1 Å². The van der Waals surface area contributed by atoms with E-state index < -0.39 is 0 Å². The van der Waals surface area contributed by atoms with Crippen LogP contribution in [0.15, 0.2) is 52.9 Å². The van der Waals surface area contributed by atoms with Crippen molar-refractivity contribution in [3.8, 4) is 11.1 Å². The number of hydrogen-bond acceptors (Lipinski definition) is 4. The van der Waals surface area contributed by atoms with Crippen LogP contribution in [0.4, 0.5) is 4.79 Å². The van der Waals surface area contributed by atoms with Gasteiger partial charge in [-0.25, -0.2) is 9.78 Å². The predicted molar refractivity (Wildman–Crippen MR) is 115 cm³/mol. The highest BCUT2D eigenvalue weighted by molar-refractivity contribution is 5.80. The van der Waals surface area contributed by atoms with Crippen molar-refractivity contribution >= 4 is 17.1 Å². The number of carbonyl (C=O) groups is 1. The molecule has 6 nitrogen and oxygen atoms in total. The van der Waals surface area contributed by atoms with E-state index in [2.05, 4.69) is 41.4 Å². The lowest BCUT2D eigenvalue weighted by atomic mass is 10.1. The van der Waals surface area contributed by atoms with Gasteiger partial charge in [0, 0.05) is 32.2 Å². The van der Waals surface area contributed by atoms with Crippen LogP contribution in [-0.2, 0) is 6.54 Å². The van der Waals surface area contributed by atoms with E-state index in [4.69, 9.17) is 9.40 Å². The Hall–Kier alpha value is -2.86. The molecule has 6 heteroatoms. The van der Waals surface area contributed by atoms with Gasteiger partial charge in [0.15, 0.2) is 5.58 Å². The zero-order valence-electron chi connectivity index (χ0n) is 17.1. The zero-order chi connectivity index (χ0) is 20.2. The normalized spacial score (nSPS) is 16.1. The van der Waals surface area contributed by atoms with E-state index in [1.54, 1.807) is 0 Å². The number of nitrogens with one attached hydrogen (secondary N) is 1. The van der Waals surface area contributed by atoms with Gasteiger partial charge in [-0.05, 0) is 36.6 Å². The maximum absolute atomic E-state index is 12.3. The van der Waals surface area contributed by atoms with Crippen molar-refractivity contribution in [2.24, 2.45) is 0 Å². The van der Waals surface area contributed by atoms with Gasteiger partial charge in [0.05, 0.1) is 6.54 Å². The lowest BCUT2D eigenvalue weighted by Crippen LogP contribution is -2.52. The van der Waals surface area contributed by atoms with Crippen molar-refractivity contribution in [3.63, 3.8) is 0 Å². The third-order valence-electron chi connectivity index (χ3n) is 5.54. The van der Waals surface area contributed by atoms with E-state index in [0.717, 1.165) is 55.2 Å².